The van der Waals surface area contributed by atoms with Crippen LogP contribution >= 0.6 is 0 Å². The van der Waals surface area contributed by atoms with Gasteiger partial charge in [0.25, 0.3) is 5.56 Å². The van der Waals surface area contributed by atoms with Crippen LogP contribution in [0.5, 0.6) is 5.75 Å². The van der Waals surface area contributed by atoms with E-state index in [1.165, 1.54) is 23.3 Å². The van der Waals surface area contributed by atoms with Crippen molar-refractivity contribution in [3.05, 3.63) is 101 Å². The van der Waals surface area contributed by atoms with Gasteiger partial charge in [0.15, 0.2) is 11.2 Å². The predicted molar refractivity (Wildman–Crippen MR) is 138 cm³/mol. The molecule has 182 valence electrons. The van der Waals surface area contributed by atoms with Crippen molar-refractivity contribution in [1.82, 2.24) is 24.0 Å². The summed E-state index contributed by atoms with van der Waals surface area (Å²) >= 11 is 0. The molecule has 0 aliphatic rings. The zero-order chi connectivity index (χ0) is 25.2. The summed E-state index contributed by atoms with van der Waals surface area (Å²) in [4.78, 5) is 24.2. The van der Waals surface area contributed by atoms with E-state index in [1.54, 1.807) is 29.9 Å². The second-order valence-electron chi connectivity index (χ2n) is 8.56. The lowest BCUT2D eigenvalue weighted by atomic mass is 9.99. The second-order valence-corrected chi connectivity index (χ2v) is 8.56. The third kappa shape index (κ3) is 4.27. The van der Waals surface area contributed by atoms with Gasteiger partial charge in [-0.05, 0) is 66.7 Å². The average molecular weight is 484 g/mol. The fourth-order valence-corrected chi connectivity index (χ4v) is 4.23. The van der Waals surface area contributed by atoms with E-state index in [9.17, 15) is 4.79 Å². The SMILES string of the molecule is CCN(C)Cc1ccccc1-c1ccc(-n2cnc3ncn(-c4ccc(OC)cc4)c3c2=O)c(F)c1. The maximum atomic E-state index is 15.5. The Morgan fingerprint density at radius 2 is 1.69 bits per heavy atom. The molecule has 36 heavy (non-hydrogen) atoms. The number of imidazole rings is 1. The molecule has 0 fully saturated rings. The summed E-state index contributed by atoms with van der Waals surface area (Å²) in [5, 5.41) is 0. The zero-order valence-electron chi connectivity index (χ0n) is 20.4. The fourth-order valence-electron chi connectivity index (χ4n) is 4.23. The van der Waals surface area contributed by atoms with Crippen LogP contribution in [0.3, 0.4) is 0 Å². The minimum absolute atomic E-state index is 0.129. The minimum Gasteiger partial charge on any atom is -0.497 e. The summed E-state index contributed by atoms with van der Waals surface area (Å²) < 4.78 is 23.5. The summed E-state index contributed by atoms with van der Waals surface area (Å²) in [6, 6.07) is 20.1. The van der Waals surface area contributed by atoms with Crippen molar-refractivity contribution in [1.29, 1.82) is 0 Å². The van der Waals surface area contributed by atoms with Gasteiger partial charge in [-0.25, -0.2) is 14.4 Å². The van der Waals surface area contributed by atoms with Crippen molar-refractivity contribution < 1.29 is 9.13 Å². The number of rotatable bonds is 7. The van der Waals surface area contributed by atoms with Crippen LogP contribution in [-0.2, 0) is 6.54 Å². The van der Waals surface area contributed by atoms with Gasteiger partial charge in [0.2, 0.25) is 0 Å². The lowest BCUT2D eigenvalue weighted by Crippen LogP contribution is -2.21. The summed E-state index contributed by atoms with van der Waals surface area (Å²) in [7, 11) is 3.64. The maximum absolute atomic E-state index is 15.5. The molecule has 0 aliphatic heterocycles. The van der Waals surface area contributed by atoms with Crippen molar-refractivity contribution in [2.45, 2.75) is 13.5 Å². The first-order chi connectivity index (χ1) is 17.5. The maximum Gasteiger partial charge on any atom is 0.284 e. The van der Waals surface area contributed by atoms with Crippen molar-refractivity contribution in [3.8, 4) is 28.3 Å². The molecule has 5 aromatic rings. The number of methoxy groups -OCH3 is 1. The summed E-state index contributed by atoms with van der Waals surface area (Å²) in [6.07, 6.45) is 2.85. The number of benzene rings is 3. The van der Waals surface area contributed by atoms with E-state index < -0.39 is 11.4 Å². The van der Waals surface area contributed by atoms with E-state index >= 15 is 4.39 Å². The van der Waals surface area contributed by atoms with Crippen molar-refractivity contribution in [2.24, 2.45) is 0 Å². The first kappa shape index (κ1) is 23.4. The van der Waals surface area contributed by atoms with E-state index in [-0.39, 0.29) is 16.9 Å². The van der Waals surface area contributed by atoms with Crippen LogP contribution in [-0.4, -0.2) is 44.7 Å². The molecule has 0 spiro atoms. The number of nitrogens with zero attached hydrogens (tertiary/aromatic N) is 5. The molecule has 0 N–H and O–H groups in total. The normalized spacial score (nSPS) is 11.4. The number of fused-ring (bicyclic) bond motifs is 1. The van der Waals surface area contributed by atoms with E-state index in [0.29, 0.717) is 5.75 Å². The first-order valence-corrected chi connectivity index (χ1v) is 11.7. The molecule has 0 aliphatic carbocycles. The molecular formula is C28H26FN5O2. The van der Waals surface area contributed by atoms with Gasteiger partial charge in [-0.3, -0.25) is 13.9 Å². The van der Waals surface area contributed by atoms with Gasteiger partial charge in [0.1, 0.15) is 24.2 Å². The third-order valence-corrected chi connectivity index (χ3v) is 6.33. The number of aromatic nitrogens is 4. The van der Waals surface area contributed by atoms with Gasteiger partial charge in [-0.2, -0.15) is 0 Å². The smallest absolute Gasteiger partial charge is 0.284 e. The summed E-state index contributed by atoms with van der Waals surface area (Å²) in [5.74, 6) is 0.189. The molecule has 0 radical (unpaired) electrons. The average Bonchev–Trinajstić information content (AvgIpc) is 3.34. The standard InChI is InChI=1S/C28H26FN5O2/c1-4-32(2)16-20-7-5-6-8-23(20)19-9-14-25(24(29)15-19)34-18-31-27-26(28(34)35)33(17-30-27)21-10-12-22(36-3)13-11-21/h5-15,17-18H,4,16H2,1-3H3. The van der Waals surface area contributed by atoms with E-state index in [1.807, 2.05) is 43.4 Å². The van der Waals surface area contributed by atoms with Crippen LogP contribution in [0.1, 0.15) is 12.5 Å². The van der Waals surface area contributed by atoms with Crippen molar-refractivity contribution in [2.75, 3.05) is 20.7 Å². The Bertz CT molecular complexity index is 1590. The van der Waals surface area contributed by atoms with E-state index in [0.717, 1.165) is 35.5 Å². The van der Waals surface area contributed by atoms with Crippen LogP contribution in [0.4, 0.5) is 4.39 Å². The number of hydrogen-bond acceptors (Lipinski definition) is 5. The lowest BCUT2D eigenvalue weighted by Gasteiger charge is -2.17. The van der Waals surface area contributed by atoms with Crippen LogP contribution in [0.2, 0.25) is 0 Å². The Morgan fingerprint density at radius 1 is 0.972 bits per heavy atom. The number of ether oxygens (including phenoxy) is 1. The molecule has 2 aromatic heterocycles. The minimum atomic E-state index is -0.509. The highest BCUT2D eigenvalue weighted by Crippen LogP contribution is 2.27. The molecule has 0 atom stereocenters. The van der Waals surface area contributed by atoms with Gasteiger partial charge in [0, 0.05) is 12.2 Å². The molecule has 2 heterocycles. The van der Waals surface area contributed by atoms with Crippen LogP contribution in [0, 0.1) is 5.82 Å². The predicted octanol–water partition coefficient (Wildman–Crippen LogP) is 4.84. The highest BCUT2D eigenvalue weighted by Gasteiger charge is 2.16. The fraction of sp³-hybridized carbons (Fsp3) is 0.179. The van der Waals surface area contributed by atoms with Gasteiger partial charge in [-0.1, -0.05) is 37.3 Å². The molecule has 0 unspecified atom stereocenters. The van der Waals surface area contributed by atoms with Gasteiger partial charge in [0.05, 0.1) is 12.8 Å². The Kier molecular flexibility index (Phi) is 6.35. The third-order valence-electron chi connectivity index (χ3n) is 6.33. The van der Waals surface area contributed by atoms with E-state index in [2.05, 4.69) is 27.9 Å². The lowest BCUT2D eigenvalue weighted by molar-refractivity contribution is 0.346. The van der Waals surface area contributed by atoms with Gasteiger partial charge >= 0.3 is 0 Å². The summed E-state index contributed by atoms with van der Waals surface area (Å²) in [6.45, 7) is 3.76. The Hall–Kier alpha value is -4.30. The Balaban J connectivity index is 1.57. The largest absolute Gasteiger partial charge is 0.497 e. The van der Waals surface area contributed by atoms with Gasteiger partial charge in [-0.15, -0.1) is 0 Å². The van der Waals surface area contributed by atoms with Gasteiger partial charge < -0.3 is 9.64 Å². The van der Waals surface area contributed by atoms with Crippen LogP contribution in [0.15, 0.2) is 84.2 Å². The Morgan fingerprint density at radius 3 is 2.39 bits per heavy atom. The molecular weight excluding hydrogens is 457 g/mol. The second kappa shape index (κ2) is 9.75. The van der Waals surface area contributed by atoms with Crippen LogP contribution in [0.25, 0.3) is 33.7 Å². The van der Waals surface area contributed by atoms with Crippen LogP contribution < -0.4 is 10.3 Å². The Labute approximate surface area is 208 Å². The summed E-state index contributed by atoms with van der Waals surface area (Å²) in [5.41, 5.74) is 3.81. The first-order valence-electron chi connectivity index (χ1n) is 11.7. The van der Waals surface area contributed by atoms with E-state index in [4.69, 9.17) is 4.74 Å². The molecule has 7 nitrogen and oxygen atoms in total. The van der Waals surface area contributed by atoms with Crippen molar-refractivity contribution in [3.63, 3.8) is 0 Å². The molecule has 0 saturated carbocycles. The number of hydrogen-bond donors (Lipinski definition) is 0. The monoisotopic (exact) mass is 483 g/mol. The zero-order valence-corrected chi connectivity index (χ0v) is 20.4. The highest BCUT2D eigenvalue weighted by atomic mass is 19.1. The van der Waals surface area contributed by atoms with Crippen molar-refractivity contribution >= 4 is 11.2 Å². The molecule has 0 saturated heterocycles. The topological polar surface area (TPSA) is 65.2 Å². The molecule has 8 heteroatoms. The molecule has 3 aromatic carbocycles. The molecule has 5 rings (SSSR count). The molecule has 0 amide bonds. The molecule has 0 bridgehead atoms. The highest BCUT2D eigenvalue weighted by molar-refractivity contribution is 5.73. The number of halogens is 1. The quantitative estimate of drug-likeness (QED) is 0.332.